The van der Waals surface area contributed by atoms with Crippen molar-refractivity contribution in [2.45, 2.75) is 6.54 Å². The molecule has 0 aliphatic rings. The molecule has 0 unspecified atom stereocenters. The van der Waals surface area contributed by atoms with E-state index in [0.717, 1.165) is 17.0 Å². The fourth-order valence-corrected chi connectivity index (χ4v) is 1.52. The highest BCUT2D eigenvalue weighted by atomic mass is 32.1. The minimum Gasteiger partial charge on any atom is -0.467 e. The van der Waals surface area contributed by atoms with Gasteiger partial charge in [-0.05, 0) is 18.2 Å². The lowest BCUT2D eigenvalue weighted by Gasteiger charge is -2.08. The van der Waals surface area contributed by atoms with Gasteiger partial charge >= 0.3 is 0 Å². The van der Waals surface area contributed by atoms with Gasteiger partial charge in [0.25, 0.3) is 0 Å². The summed E-state index contributed by atoms with van der Waals surface area (Å²) in [5, 5.41) is 3.17. The van der Waals surface area contributed by atoms with E-state index in [-0.39, 0.29) is 0 Å². The van der Waals surface area contributed by atoms with Gasteiger partial charge in [-0.15, -0.1) is 0 Å². The van der Waals surface area contributed by atoms with E-state index in [2.05, 4.69) is 10.3 Å². The molecule has 0 atom stereocenters. The van der Waals surface area contributed by atoms with Crippen molar-refractivity contribution >= 4 is 22.9 Å². The Kier molecular flexibility index (Phi) is 3.16. The van der Waals surface area contributed by atoms with Crippen molar-refractivity contribution < 1.29 is 4.42 Å². The SMILES string of the molecule is NC(=S)c1ccncc1NCc1ccco1. The molecular formula is C11H11N3OS. The summed E-state index contributed by atoms with van der Waals surface area (Å²) in [6.07, 6.45) is 4.98. The molecule has 0 spiro atoms. The van der Waals surface area contributed by atoms with Crippen LogP contribution in [0.3, 0.4) is 0 Å². The first-order valence-electron chi connectivity index (χ1n) is 4.77. The van der Waals surface area contributed by atoms with Gasteiger partial charge in [0.1, 0.15) is 10.7 Å². The summed E-state index contributed by atoms with van der Waals surface area (Å²) < 4.78 is 5.21. The number of aromatic nitrogens is 1. The Morgan fingerprint density at radius 1 is 1.50 bits per heavy atom. The van der Waals surface area contributed by atoms with Crippen LogP contribution in [0.4, 0.5) is 5.69 Å². The molecule has 0 saturated carbocycles. The predicted molar refractivity (Wildman–Crippen MR) is 66.2 cm³/mol. The number of hydrogen-bond donors (Lipinski definition) is 2. The van der Waals surface area contributed by atoms with Crippen molar-refractivity contribution in [2.75, 3.05) is 5.32 Å². The minimum absolute atomic E-state index is 0.351. The fourth-order valence-electron chi connectivity index (χ4n) is 1.35. The highest BCUT2D eigenvalue weighted by Gasteiger charge is 2.04. The van der Waals surface area contributed by atoms with Crippen molar-refractivity contribution in [1.29, 1.82) is 0 Å². The number of thiocarbonyl (C=S) groups is 1. The molecule has 0 aliphatic heterocycles. The number of anilines is 1. The van der Waals surface area contributed by atoms with E-state index in [1.165, 1.54) is 0 Å². The summed E-state index contributed by atoms with van der Waals surface area (Å²) in [5.74, 6) is 0.845. The van der Waals surface area contributed by atoms with E-state index in [4.69, 9.17) is 22.4 Å². The van der Waals surface area contributed by atoms with Crippen molar-refractivity contribution in [3.63, 3.8) is 0 Å². The van der Waals surface area contributed by atoms with Gasteiger partial charge in [-0.2, -0.15) is 0 Å². The van der Waals surface area contributed by atoms with Crippen LogP contribution in [0.1, 0.15) is 11.3 Å². The summed E-state index contributed by atoms with van der Waals surface area (Å²) in [7, 11) is 0. The van der Waals surface area contributed by atoms with E-state index in [9.17, 15) is 0 Å². The number of pyridine rings is 1. The molecule has 0 amide bonds. The normalized spacial score (nSPS) is 10.0. The smallest absolute Gasteiger partial charge is 0.122 e. The Balaban J connectivity index is 2.12. The Bertz CT molecular complexity index is 482. The molecule has 0 saturated heterocycles. The maximum atomic E-state index is 5.60. The first-order chi connectivity index (χ1) is 7.77. The van der Waals surface area contributed by atoms with Gasteiger partial charge in [-0.25, -0.2) is 0 Å². The highest BCUT2D eigenvalue weighted by molar-refractivity contribution is 7.80. The molecule has 3 N–H and O–H groups in total. The van der Waals surface area contributed by atoms with Crippen molar-refractivity contribution in [2.24, 2.45) is 5.73 Å². The number of furan rings is 1. The fraction of sp³-hybridized carbons (Fsp3) is 0.0909. The third-order valence-electron chi connectivity index (χ3n) is 2.12. The number of nitrogens with zero attached hydrogens (tertiary/aromatic N) is 1. The van der Waals surface area contributed by atoms with Crippen LogP contribution in [0, 0.1) is 0 Å². The molecule has 2 rings (SSSR count). The zero-order chi connectivity index (χ0) is 11.4. The van der Waals surface area contributed by atoms with Crippen LogP contribution in [-0.4, -0.2) is 9.97 Å². The molecule has 0 fully saturated rings. The summed E-state index contributed by atoms with van der Waals surface area (Å²) in [4.78, 5) is 4.37. The van der Waals surface area contributed by atoms with Crippen LogP contribution in [0.15, 0.2) is 41.3 Å². The highest BCUT2D eigenvalue weighted by Crippen LogP contribution is 2.14. The molecule has 2 aromatic rings. The van der Waals surface area contributed by atoms with Gasteiger partial charge < -0.3 is 15.5 Å². The van der Waals surface area contributed by atoms with Crippen LogP contribution in [0.25, 0.3) is 0 Å². The lowest BCUT2D eigenvalue weighted by atomic mass is 10.2. The Morgan fingerprint density at radius 3 is 3.06 bits per heavy atom. The second-order valence-corrected chi connectivity index (χ2v) is 3.66. The molecule has 0 radical (unpaired) electrons. The molecule has 16 heavy (non-hydrogen) atoms. The molecule has 0 bridgehead atoms. The van der Waals surface area contributed by atoms with E-state index in [0.29, 0.717) is 11.5 Å². The third-order valence-corrected chi connectivity index (χ3v) is 2.34. The van der Waals surface area contributed by atoms with Crippen LogP contribution in [-0.2, 0) is 6.54 Å². The number of rotatable bonds is 4. The molecule has 5 heteroatoms. The second kappa shape index (κ2) is 4.76. The minimum atomic E-state index is 0.351. The quantitative estimate of drug-likeness (QED) is 0.790. The van der Waals surface area contributed by atoms with Gasteiger partial charge in [0.15, 0.2) is 0 Å². The van der Waals surface area contributed by atoms with E-state index < -0.39 is 0 Å². The lowest BCUT2D eigenvalue weighted by molar-refractivity contribution is 0.518. The maximum Gasteiger partial charge on any atom is 0.122 e. The Hall–Kier alpha value is -1.88. The zero-order valence-electron chi connectivity index (χ0n) is 8.51. The number of hydrogen-bond acceptors (Lipinski definition) is 4. The molecule has 4 nitrogen and oxygen atoms in total. The summed E-state index contributed by atoms with van der Waals surface area (Å²) in [6, 6.07) is 5.52. The largest absolute Gasteiger partial charge is 0.467 e. The van der Waals surface area contributed by atoms with Crippen molar-refractivity contribution in [1.82, 2.24) is 4.98 Å². The molecule has 0 aliphatic carbocycles. The van der Waals surface area contributed by atoms with Crippen LogP contribution in [0.5, 0.6) is 0 Å². The van der Waals surface area contributed by atoms with E-state index >= 15 is 0 Å². The molecule has 0 aromatic carbocycles. The maximum absolute atomic E-state index is 5.60. The van der Waals surface area contributed by atoms with E-state index in [1.807, 2.05) is 12.1 Å². The van der Waals surface area contributed by atoms with Gasteiger partial charge in [0, 0.05) is 11.8 Å². The van der Waals surface area contributed by atoms with Crippen LogP contribution >= 0.6 is 12.2 Å². The molecule has 2 aromatic heterocycles. The Morgan fingerprint density at radius 2 is 2.38 bits per heavy atom. The topological polar surface area (TPSA) is 64.1 Å². The number of nitrogens with two attached hydrogens (primary N) is 1. The molecule has 82 valence electrons. The van der Waals surface area contributed by atoms with Gasteiger partial charge in [0.05, 0.1) is 24.7 Å². The summed E-state index contributed by atoms with van der Waals surface area (Å²) in [6.45, 7) is 0.578. The second-order valence-electron chi connectivity index (χ2n) is 3.22. The van der Waals surface area contributed by atoms with Crippen LogP contribution in [0.2, 0.25) is 0 Å². The summed E-state index contributed by atoms with van der Waals surface area (Å²) >= 11 is 4.95. The van der Waals surface area contributed by atoms with Crippen molar-refractivity contribution in [3.05, 3.63) is 48.2 Å². The van der Waals surface area contributed by atoms with Crippen LogP contribution < -0.4 is 11.1 Å². The van der Waals surface area contributed by atoms with Crippen molar-refractivity contribution in [3.8, 4) is 0 Å². The number of nitrogens with one attached hydrogen (secondary N) is 1. The third kappa shape index (κ3) is 2.38. The summed E-state index contributed by atoms with van der Waals surface area (Å²) in [5.41, 5.74) is 7.20. The van der Waals surface area contributed by atoms with E-state index in [1.54, 1.807) is 24.7 Å². The lowest BCUT2D eigenvalue weighted by Crippen LogP contribution is -2.13. The monoisotopic (exact) mass is 233 g/mol. The standard InChI is InChI=1S/C11H11N3OS/c12-11(16)9-3-4-13-7-10(9)14-6-8-2-1-5-15-8/h1-5,7,14H,6H2,(H2,12,16). The van der Waals surface area contributed by atoms with Gasteiger partial charge in [-0.3, -0.25) is 4.98 Å². The average molecular weight is 233 g/mol. The Labute approximate surface area is 98.5 Å². The first-order valence-corrected chi connectivity index (χ1v) is 5.18. The average Bonchev–Trinajstić information content (AvgIpc) is 2.79. The molecular weight excluding hydrogens is 222 g/mol. The van der Waals surface area contributed by atoms with Gasteiger partial charge in [0.2, 0.25) is 0 Å². The predicted octanol–water partition coefficient (Wildman–Crippen LogP) is 1.92. The zero-order valence-corrected chi connectivity index (χ0v) is 9.33. The molecule has 2 heterocycles. The van der Waals surface area contributed by atoms with Gasteiger partial charge in [-0.1, -0.05) is 12.2 Å². The first kappa shape index (κ1) is 10.6.